The molecule has 4 atom stereocenters. The molecule has 3 rings (SSSR count). The molecule has 0 radical (unpaired) electrons. The maximum Gasteiger partial charge on any atom is 0.480 e. The summed E-state index contributed by atoms with van der Waals surface area (Å²) in [7, 11) is -4.68. The smallest absolute Gasteiger partial charge is 0.437 e. The highest BCUT2D eigenvalue weighted by molar-refractivity contribution is 7.48. The number of aliphatic hydroxyl groups excluding tert-OH is 1. The van der Waals surface area contributed by atoms with E-state index in [0.717, 1.165) is 10.9 Å². The van der Waals surface area contributed by atoms with Crippen molar-refractivity contribution in [3.8, 4) is 0 Å². The summed E-state index contributed by atoms with van der Waals surface area (Å²) in [4.78, 5) is 46.6. The molecule has 4 N–H and O–H groups in total. The number of aromatic amines is 1. The molecule has 16 nitrogen and oxygen atoms in total. The number of esters is 2. The predicted octanol–water partition coefficient (Wildman–Crippen LogP) is 2.33. The second kappa shape index (κ2) is 12.3. The van der Waals surface area contributed by atoms with E-state index >= 15 is 4.39 Å². The van der Waals surface area contributed by atoms with Gasteiger partial charge in [-0.2, -0.15) is 4.98 Å². The summed E-state index contributed by atoms with van der Waals surface area (Å²) in [5.41, 5.74) is 1.10. The van der Waals surface area contributed by atoms with Crippen LogP contribution in [0.25, 0.3) is 11.2 Å². The van der Waals surface area contributed by atoms with E-state index in [9.17, 15) is 24.1 Å². The first kappa shape index (κ1) is 33.6. The van der Waals surface area contributed by atoms with Crippen molar-refractivity contribution in [2.75, 3.05) is 25.9 Å². The van der Waals surface area contributed by atoms with Gasteiger partial charge in [-0.3, -0.25) is 28.5 Å². The molecule has 3 heterocycles. The average molecular weight is 622 g/mol. The third-order valence-electron chi connectivity index (χ3n) is 6.29. The Bertz CT molecular complexity index is 1370. The molecule has 0 amide bonds. The first-order valence-electron chi connectivity index (χ1n) is 12.9. The van der Waals surface area contributed by atoms with E-state index in [-0.39, 0.29) is 23.5 Å². The molecule has 4 unspecified atom stereocenters. The fraction of sp³-hybridized carbons (Fsp3) is 0.708. The zero-order valence-corrected chi connectivity index (χ0v) is 25.3. The number of nitrogen functional groups attached to an aromatic ring is 1. The highest BCUT2D eigenvalue weighted by Crippen LogP contribution is 2.52. The van der Waals surface area contributed by atoms with Crippen LogP contribution in [0.4, 0.5) is 10.3 Å². The van der Waals surface area contributed by atoms with Crippen molar-refractivity contribution in [1.82, 2.24) is 19.5 Å². The van der Waals surface area contributed by atoms with Crippen LogP contribution in [0.1, 0.15) is 61.1 Å². The fourth-order valence-electron chi connectivity index (χ4n) is 3.70. The number of imidazole rings is 1. The average Bonchev–Trinajstić information content (AvgIpc) is 3.41. The van der Waals surface area contributed by atoms with Crippen molar-refractivity contribution in [3.05, 3.63) is 16.7 Å². The second-order valence-corrected chi connectivity index (χ2v) is 13.3. The summed E-state index contributed by atoms with van der Waals surface area (Å²) in [6.07, 6.45) is -4.42. The Morgan fingerprint density at radius 2 is 1.69 bits per heavy atom. The highest BCUT2D eigenvalue weighted by atomic mass is 31.2. The molecule has 1 aliphatic rings. The number of hydrogen-bond donors (Lipinski definition) is 3. The van der Waals surface area contributed by atoms with Crippen molar-refractivity contribution in [3.63, 3.8) is 0 Å². The van der Waals surface area contributed by atoms with Gasteiger partial charge in [0.05, 0.1) is 23.8 Å². The SMILES string of the molecule is CCC1(COP(=O)(OCOC(=O)C(C)(C)C)OCOC(=O)C(C)(C)C)OC(n2cnc3c(=O)[nH]c(N)nc32)C(F)C1O. The number of anilines is 1. The van der Waals surface area contributed by atoms with Crippen LogP contribution in [0.15, 0.2) is 11.1 Å². The monoisotopic (exact) mass is 621 g/mol. The molecule has 236 valence electrons. The Labute approximate surface area is 240 Å². The first-order chi connectivity index (χ1) is 19.3. The molecule has 1 aliphatic heterocycles. The lowest BCUT2D eigenvalue weighted by molar-refractivity contribution is -0.165. The fourth-order valence-corrected chi connectivity index (χ4v) is 4.66. The molecule has 1 fully saturated rings. The number of aliphatic hydroxyl groups is 1. The van der Waals surface area contributed by atoms with Gasteiger partial charge in [-0.05, 0) is 48.0 Å². The topological polar surface area (TPSA) is 216 Å². The van der Waals surface area contributed by atoms with Gasteiger partial charge < -0.3 is 25.1 Å². The van der Waals surface area contributed by atoms with Gasteiger partial charge in [-0.1, -0.05) is 6.92 Å². The van der Waals surface area contributed by atoms with Crippen LogP contribution in [-0.4, -0.2) is 74.6 Å². The van der Waals surface area contributed by atoms with Crippen LogP contribution in [-0.2, 0) is 41.9 Å². The van der Waals surface area contributed by atoms with Crippen molar-refractivity contribution >= 4 is 36.9 Å². The van der Waals surface area contributed by atoms with Gasteiger partial charge in [0.25, 0.3) is 5.56 Å². The minimum absolute atomic E-state index is 0.0636. The van der Waals surface area contributed by atoms with Crippen LogP contribution < -0.4 is 11.3 Å². The normalized spacial score (nSPS) is 23.3. The number of aromatic nitrogens is 4. The second-order valence-electron chi connectivity index (χ2n) is 11.7. The number of fused-ring (bicyclic) bond motifs is 1. The number of alkyl halides is 1. The molecule has 0 aromatic carbocycles. The van der Waals surface area contributed by atoms with Crippen LogP contribution in [0.5, 0.6) is 0 Å². The molecular formula is C24H37FN5O11P. The zero-order chi connectivity index (χ0) is 31.7. The molecule has 2 aromatic heterocycles. The van der Waals surface area contributed by atoms with Gasteiger partial charge in [-0.25, -0.2) is 23.0 Å². The number of H-pyrrole nitrogens is 1. The number of ether oxygens (including phenoxy) is 3. The number of carbonyl (C=O) groups is 2. The van der Waals surface area contributed by atoms with Gasteiger partial charge >= 0.3 is 19.8 Å². The van der Waals surface area contributed by atoms with Gasteiger partial charge in [0.15, 0.2) is 23.6 Å². The highest BCUT2D eigenvalue weighted by Gasteiger charge is 2.56. The predicted molar refractivity (Wildman–Crippen MR) is 143 cm³/mol. The minimum atomic E-state index is -4.68. The number of carbonyl (C=O) groups excluding carboxylic acids is 2. The zero-order valence-electron chi connectivity index (χ0n) is 24.4. The van der Waals surface area contributed by atoms with E-state index in [1.165, 1.54) is 0 Å². The Kier molecular flexibility index (Phi) is 9.86. The van der Waals surface area contributed by atoms with Crippen LogP contribution in [0.2, 0.25) is 0 Å². The lowest BCUT2D eigenvalue weighted by atomic mass is 9.94. The summed E-state index contributed by atoms with van der Waals surface area (Å²) in [6, 6.07) is 0. The van der Waals surface area contributed by atoms with E-state index in [1.807, 2.05) is 0 Å². The molecule has 0 saturated carbocycles. The minimum Gasteiger partial charge on any atom is -0.437 e. The lowest BCUT2D eigenvalue weighted by Gasteiger charge is -2.31. The largest absolute Gasteiger partial charge is 0.480 e. The third-order valence-corrected chi connectivity index (χ3v) is 7.57. The molecule has 18 heteroatoms. The Hall–Kier alpha value is -2.95. The van der Waals surface area contributed by atoms with Gasteiger partial charge in [0.1, 0.15) is 11.7 Å². The van der Waals surface area contributed by atoms with Crippen LogP contribution in [0, 0.1) is 10.8 Å². The Balaban J connectivity index is 1.81. The summed E-state index contributed by atoms with van der Waals surface area (Å²) < 4.78 is 61.6. The standard InChI is InChI=1S/C24H37FN5O11P/c1-8-24(15(31)13(25)18(41-24)30-10-27-14-16(30)28-21(26)29-17(14)32)9-38-42(35,39-11-36-19(33)22(2,3)4)40-12-37-20(34)23(5,6)7/h10,13,15,18,31H,8-9,11-12H2,1-7H3,(H3,26,28,29,32). The van der Waals surface area contributed by atoms with E-state index in [2.05, 4.69) is 15.0 Å². The quantitative estimate of drug-likeness (QED) is 0.186. The maximum atomic E-state index is 15.5. The molecule has 0 spiro atoms. The van der Waals surface area contributed by atoms with Crippen molar-refractivity contribution in [2.24, 2.45) is 10.8 Å². The number of hydrogen-bond acceptors (Lipinski definition) is 14. The number of phosphoric acid groups is 1. The van der Waals surface area contributed by atoms with E-state index < -0.39 is 80.4 Å². The van der Waals surface area contributed by atoms with Gasteiger partial charge in [0.2, 0.25) is 19.5 Å². The van der Waals surface area contributed by atoms with Crippen LogP contribution >= 0.6 is 7.82 Å². The third kappa shape index (κ3) is 7.33. The van der Waals surface area contributed by atoms with Crippen LogP contribution in [0.3, 0.4) is 0 Å². The van der Waals surface area contributed by atoms with Gasteiger partial charge in [-0.15, -0.1) is 0 Å². The Morgan fingerprint density at radius 1 is 1.14 bits per heavy atom. The van der Waals surface area contributed by atoms with E-state index in [4.69, 9.17) is 33.5 Å². The molecular weight excluding hydrogens is 584 g/mol. The number of rotatable bonds is 11. The van der Waals surface area contributed by atoms with E-state index in [0.29, 0.717) is 0 Å². The van der Waals surface area contributed by atoms with Crippen molar-refractivity contribution in [2.45, 2.75) is 79.0 Å². The molecule has 0 bridgehead atoms. The number of nitrogens with one attached hydrogen (secondary N) is 1. The molecule has 42 heavy (non-hydrogen) atoms. The summed E-state index contributed by atoms with van der Waals surface area (Å²) >= 11 is 0. The maximum absolute atomic E-state index is 15.5. The summed E-state index contributed by atoms with van der Waals surface area (Å²) in [6.45, 7) is 8.61. The van der Waals surface area contributed by atoms with Crippen molar-refractivity contribution in [1.29, 1.82) is 0 Å². The molecule has 2 aromatic rings. The van der Waals surface area contributed by atoms with E-state index in [1.54, 1.807) is 48.5 Å². The first-order valence-corrected chi connectivity index (χ1v) is 14.4. The number of nitrogens with zero attached hydrogens (tertiary/aromatic N) is 3. The summed E-state index contributed by atoms with van der Waals surface area (Å²) in [5, 5.41) is 10.9. The lowest BCUT2D eigenvalue weighted by Crippen LogP contribution is -2.45. The van der Waals surface area contributed by atoms with Gasteiger partial charge in [0, 0.05) is 0 Å². The number of halogens is 1. The Morgan fingerprint density at radius 3 is 2.19 bits per heavy atom. The summed E-state index contributed by atoms with van der Waals surface area (Å²) in [5.74, 6) is -1.61. The molecule has 0 aliphatic carbocycles. The van der Waals surface area contributed by atoms with Crippen molar-refractivity contribution < 1.29 is 51.4 Å². The molecule has 1 saturated heterocycles. The number of nitrogens with two attached hydrogens (primary N) is 1. The number of phosphoric ester groups is 1.